The highest BCUT2D eigenvalue weighted by molar-refractivity contribution is 7.89. The van der Waals surface area contributed by atoms with E-state index in [-0.39, 0.29) is 6.04 Å². The molecule has 1 aromatic carbocycles. The summed E-state index contributed by atoms with van der Waals surface area (Å²) in [5, 5.41) is 3.20. The predicted molar refractivity (Wildman–Crippen MR) is 71.9 cm³/mol. The van der Waals surface area contributed by atoms with Gasteiger partial charge in [0, 0.05) is 12.6 Å². The summed E-state index contributed by atoms with van der Waals surface area (Å²) in [5.41, 5.74) is 1.79. The third kappa shape index (κ3) is 3.31. The highest BCUT2D eigenvalue weighted by Crippen LogP contribution is 2.24. The van der Waals surface area contributed by atoms with Gasteiger partial charge in [0.2, 0.25) is 10.0 Å². The molecule has 0 spiro atoms. The van der Waals surface area contributed by atoms with Gasteiger partial charge in [0.25, 0.3) is 0 Å². The van der Waals surface area contributed by atoms with E-state index in [1.54, 1.807) is 6.07 Å². The molecule has 0 aliphatic heterocycles. The Morgan fingerprint density at radius 2 is 2.06 bits per heavy atom. The van der Waals surface area contributed by atoms with E-state index in [1.807, 2.05) is 26.0 Å². The van der Waals surface area contributed by atoms with Gasteiger partial charge < -0.3 is 5.32 Å². The fraction of sp³-hybridized carbons (Fsp3) is 0.538. The Balaban J connectivity index is 2.24. The lowest BCUT2D eigenvalue weighted by Crippen LogP contribution is -2.26. The van der Waals surface area contributed by atoms with Gasteiger partial charge in [-0.25, -0.2) is 13.1 Å². The van der Waals surface area contributed by atoms with Crippen molar-refractivity contribution in [1.82, 2.24) is 10.0 Å². The van der Waals surface area contributed by atoms with Gasteiger partial charge in [-0.1, -0.05) is 19.1 Å². The number of aryl methyl sites for hydroxylation is 1. The van der Waals surface area contributed by atoms with Gasteiger partial charge in [-0.05, 0) is 43.5 Å². The molecule has 2 rings (SSSR count). The third-order valence-corrected chi connectivity index (χ3v) is 4.68. The van der Waals surface area contributed by atoms with Crippen LogP contribution in [0.2, 0.25) is 0 Å². The number of rotatable bonds is 6. The Bertz CT molecular complexity index is 522. The van der Waals surface area contributed by atoms with Crippen LogP contribution in [0.5, 0.6) is 0 Å². The van der Waals surface area contributed by atoms with Crippen LogP contribution >= 0.6 is 0 Å². The van der Waals surface area contributed by atoms with Crippen LogP contribution in [0, 0.1) is 6.92 Å². The number of hydrogen-bond acceptors (Lipinski definition) is 3. The Labute approximate surface area is 109 Å². The van der Waals surface area contributed by atoms with Gasteiger partial charge in [-0.3, -0.25) is 0 Å². The van der Waals surface area contributed by atoms with Crippen LogP contribution in [0.1, 0.15) is 30.9 Å². The van der Waals surface area contributed by atoms with Crippen molar-refractivity contribution >= 4 is 10.0 Å². The second kappa shape index (κ2) is 5.38. The van der Waals surface area contributed by atoms with Crippen molar-refractivity contribution in [2.45, 2.75) is 44.2 Å². The Kier molecular flexibility index (Phi) is 4.04. The summed E-state index contributed by atoms with van der Waals surface area (Å²) in [6, 6.07) is 5.75. The maximum Gasteiger partial charge on any atom is 0.241 e. The van der Waals surface area contributed by atoms with E-state index < -0.39 is 10.0 Å². The molecule has 1 aliphatic rings. The normalized spacial score (nSPS) is 15.9. The molecule has 0 unspecified atom stereocenters. The smallest absolute Gasteiger partial charge is 0.241 e. The standard InChI is InChI=1S/C13H20N2O2S/c1-3-14-9-11-5-4-10(2)13(8-11)18(16,17)15-12-6-7-12/h4-5,8,12,14-15H,3,6-7,9H2,1-2H3. The maximum atomic E-state index is 12.2. The summed E-state index contributed by atoms with van der Waals surface area (Å²) in [5.74, 6) is 0. The van der Waals surface area contributed by atoms with Crippen molar-refractivity contribution in [2.75, 3.05) is 6.54 Å². The van der Waals surface area contributed by atoms with Crippen molar-refractivity contribution in [3.63, 3.8) is 0 Å². The van der Waals surface area contributed by atoms with Gasteiger partial charge in [0.15, 0.2) is 0 Å². The molecule has 0 bridgehead atoms. The lowest BCUT2D eigenvalue weighted by atomic mass is 10.1. The number of benzene rings is 1. The van der Waals surface area contributed by atoms with E-state index in [4.69, 9.17) is 0 Å². The predicted octanol–water partition coefficient (Wildman–Crippen LogP) is 1.55. The van der Waals surface area contributed by atoms with E-state index in [0.717, 1.165) is 30.5 Å². The minimum atomic E-state index is -3.35. The monoisotopic (exact) mass is 268 g/mol. The maximum absolute atomic E-state index is 12.2. The zero-order valence-corrected chi connectivity index (χ0v) is 11.7. The summed E-state index contributed by atoms with van der Waals surface area (Å²) >= 11 is 0. The molecule has 0 saturated heterocycles. The van der Waals surface area contributed by atoms with E-state index in [1.165, 1.54) is 0 Å². The Hall–Kier alpha value is -0.910. The molecule has 5 heteroatoms. The molecule has 0 atom stereocenters. The van der Waals surface area contributed by atoms with Crippen LogP contribution in [-0.4, -0.2) is 21.0 Å². The highest BCUT2D eigenvalue weighted by Gasteiger charge is 2.28. The fourth-order valence-corrected chi connectivity index (χ4v) is 3.40. The first-order valence-electron chi connectivity index (χ1n) is 6.35. The first-order chi connectivity index (χ1) is 8.53. The molecule has 18 heavy (non-hydrogen) atoms. The van der Waals surface area contributed by atoms with Gasteiger partial charge in [0.1, 0.15) is 0 Å². The number of hydrogen-bond donors (Lipinski definition) is 2. The van der Waals surface area contributed by atoms with E-state index in [9.17, 15) is 8.42 Å². The molecule has 1 aliphatic carbocycles. The van der Waals surface area contributed by atoms with Crippen LogP contribution in [0.3, 0.4) is 0 Å². The molecule has 0 radical (unpaired) electrons. The molecule has 0 heterocycles. The molecule has 1 saturated carbocycles. The highest BCUT2D eigenvalue weighted by atomic mass is 32.2. The molecule has 4 nitrogen and oxygen atoms in total. The van der Waals surface area contributed by atoms with Crippen LogP contribution < -0.4 is 10.0 Å². The molecular formula is C13H20N2O2S. The van der Waals surface area contributed by atoms with Crippen molar-refractivity contribution in [3.8, 4) is 0 Å². The average molecular weight is 268 g/mol. The van der Waals surface area contributed by atoms with Crippen molar-refractivity contribution in [3.05, 3.63) is 29.3 Å². The van der Waals surface area contributed by atoms with Crippen molar-refractivity contribution in [1.29, 1.82) is 0 Å². The molecule has 2 N–H and O–H groups in total. The first kappa shape index (κ1) is 13.5. The molecule has 1 fully saturated rings. The Morgan fingerprint density at radius 1 is 1.33 bits per heavy atom. The van der Waals surface area contributed by atoms with Crippen molar-refractivity contribution < 1.29 is 8.42 Å². The van der Waals surface area contributed by atoms with E-state index in [2.05, 4.69) is 10.0 Å². The molecule has 100 valence electrons. The first-order valence-corrected chi connectivity index (χ1v) is 7.84. The minimum Gasteiger partial charge on any atom is -0.313 e. The van der Waals surface area contributed by atoms with Gasteiger partial charge >= 0.3 is 0 Å². The second-order valence-corrected chi connectivity index (χ2v) is 6.46. The van der Waals surface area contributed by atoms with Crippen molar-refractivity contribution in [2.24, 2.45) is 0 Å². The Morgan fingerprint density at radius 3 is 2.67 bits per heavy atom. The van der Waals surface area contributed by atoms with Gasteiger partial charge in [-0.2, -0.15) is 0 Å². The van der Waals surface area contributed by atoms with Crippen LogP contribution in [0.15, 0.2) is 23.1 Å². The molecule has 1 aromatic rings. The van der Waals surface area contributed by atoms with Gasteiger partial charge in [0.05, 0.1) is 4.90 Å². The topological polar surface area (TPSA) is 58.2 Å². The largest absolute Gasteiger partial charge is 0.313 e. The van der Waals surface area contributed by atoms with Gasteiger partial charge in [-0.15, -0.1) is 0 Å². The zero-order chi connectivity index (χ0) is 13.2. The zero-order valence-electron chi connectivity index (χ0n) is 10.9. The van der Waals surface area contributed by atoms with Crippen LogP contribution in [0.4, 0.5) is 0 Å². The average Bonchev–Trinajstić information content (AvgIpc) is 3.11. The summed E-state index contributed by atoms with van der Waals surface area (Å²) < 4.78 is 27.1. The fourth-order valence-electron chi connectivity index (χ4n) is 1.80. The van der Waals surface area contributed by atoms with E-state index >= 15 is 0 Å². The van der Waals surface area contributed by atoms with Crippen LogP contribution in [-0.2, 0) is 16.6 Å². The molecule has 0 amide bonds. The summed E-state index contributed by atoms with van der Waals surface area (Å²) in [6.45, 7) is 5.43. The van der Waals surface area contributed by atoms with Crippen LogP contribution in [0.25, 0.3) is 0 Å². The summed E-state index contributed by atoms with van der Waals surface area (Å²) in [4.78, 5) is 0.407. The SMILES string of the molecule is CCNCc1ccc(C)c(S(=O)(=O)NC2CC2)c1. The minimum absolute atomic E-state index is 0.145. The lowest BCUT2D eigenvalue weighted by Gasteiger charge is -2.11. The number of sulfonamides is 1. The summed E-state index contributed by atoms with van der Waals surface area (Å²) in [6.07, 6.45) is 1.91. The number of nitrogens with one attached hydrogen (secondary N) is 2. The second-order valence-electron chi connectivity index (χ2n) is 4.78. The lowest BCUT2D eigenvalue weighted by molar-refractivity contribution is 0.580. The molecule has 0 aromatic heterocycles. The molecular weight excluding hydrogens is 248 g/mol. The van der Waals surface area contributed by atoms with E-state index in [0.29, 0.717) is 11.4 Å². The summed E-state index contributed by atoms with van der Waals surface area (Å²) in [7, 11) is -3.35. The quantitative estimate of drug-likeness (QED) is 0.823. The third-order valence-electron chi connectivity index (χ3n) is 3.02.